The maximum atomic E-state index is 14.1. The van der Waals surface area contributed by atoms with Crippen LogP contribution in [-0.2, 0) is 0 Å². The van der Waals surface area contributed by atoms with E-state index in [1.54, 1.807) is 23.0 Å². The number of hydrogen-bond donors (Lipinski definition) is 1. The van der Waals surface area contributed by atoms with Crippen LogP contribution in [0, 0.1) is 19.7 Å². The lowest BCUT2D eigenvalue weighted by Crippen LogP contribution is -2.46. The number of likely N-dealkylation sites (N-methyl/N-ethyl adjacent to an activating group) is 1. The first-order chi connectivity index (χ1) is 15.9. The lowest BCUT2D eigenvalue weighted by atomic mass is 10.0. The van der Waals surface area contributed by atoms with Crippen molar-refractivity contribution in [2.45, 2.75) is 33.7 Å². The van der Waals surface area contributed by atoms with Crippen molar-refractivity contribution in [1.82, 2.24) is 25.0 Å². The van der Waals surface area contributed by atoms with Crippen LogP contribution in [0.4, 0.5) is 10.1 Å². The molecule has 1 N–H and O–H groups in total. The van der Waals surface area contributed by atoms with Crippen molar-refractivity contribution in [2.75, 3.05) is 37.6 Å². The third kappa shape index (κ3) is 5.06. The van der Waals surface area contributed by atoms with Gasteiger partial charge >= 0.3 is 0 Å². The number of nitrogens with one attached hydrogen (secondary N) is 1. The van der Waals surface area contributed by atoms with Gasteiger partial charge < -0.3 is 15.1 Å². The molecular weight excluding hydrogens is 419 g/mol. The second kappa shape index (κ2) is 9.70. The van der Waals surface area contributed by atoms with Crippen LogP contribution < -0.4 is 10.2 Å². The zero-order chi connectivity index (χ0) is 23.5. The van der Waals surface area contributed by atoms with Gasteiger partial charge in [-0.25, -0.2) is 14.1 Å². The lowest BCUT2D eigenvalue weighted by molar-refractivity contribution is 0.0939. The first-order valence-corrected chi connectivity index (χ1v) is 11.4. The van der Waals surface area contributed by atoms with Crippen LogP contribution in [0.25, 0.3) is 5.82 Å². The number of pyridine rings is 1. The average molecular weight is 451 g/mol. The first-order valence-electron chi connectivity index (χ1n) is 11.4. The van der Waals surface area contributed by atoms with Crippen molar-refractivity contribution < 1.29 is 9.18 Å². The molecule has 8 heteroatoms. The largest absolute Gasteiger partial charge is 0.369 e. The van der Waals surface area contributed by atoms with Crippen molar-refractivity contribution in [2.24, 2.45) is 0 Å². The lowest BCUT2D eigenvalue weighted by Gasteiger charge is -2.37. The molecule has 0 saturated carbocycles. The van der Waals surface area contributed by atoms with Crippen molar-refractivity contribution >= 4 is 11.6 Å². The quantitative estimate of drug-likeness (QED) is 0.621. The molecule has 3 heterocycles. The molecule has 0 aliphatic carbocycles. The molecular formula is C25H31FN6O. The summed E-state index contributed by atoms with van der Waals surface area (Å²) in [7, 11) is 0. The highest BCUT2D eigenvalue weighted by atomic mass is 19.1. The van der Waals surface area contributed by atoms with Crippen LogP contribution in [0.3, 0.4) is 0 Å². The maximum absolute atomic E-state index is 14.1. The van der Waals surface area contributed by atoms with E-state index in [1.807, 2.05) is 32.9 Å². The minimum Gasteiger partial charge on any atom is -0.369 e. The summed E-state index contributed by atoms with van der Waals surface area (Å²) in [6, 6.07) is 9.96. The van der Waals surface area contributed by atoms with E-state index in [0.717, 1.165) is 55.4 Å². The Morgan fingerprint density at radius 3 is 2.48 bits per heavy atom. The zero-order valence-corrected chi connectivity index (χ0v) is 19.7. The summed E-state index contributed by atoms with van der Waals surface area (Å²) in [4.78, 5) is 22.0. The normalized spacial score (nSPS) is 15.5. The summed E-state index contributed by atoms with van der Waals surface area (Å²) in [6.07, 6.45) is 1.55. The van der Waals surface area contributed by atoms with Gasteiger partial charge in [-0.3, -0.25) is 4.79 Å². The maximum Gasteiger partial charge on any atom is 0.253 e. The molecule has 174 valence electrons. The van der Waals surface area contributed by atoms with Crippen LogP contribution in [-0.4, -0.2) is 58.3 Å². The van der Waals surface area contributed by atoms with Gasteiger partial charge in [-0.05, 0) is 63.7 Å². The van der Waals surface area contributed by atoms with Crippen molar-refractivity contribution in [3.05, 3.63) is 70.9 Å². The summed E-state index contributed by atoms with van der Waals surface area (Å²) in [6.45, 7) is 12.7. The number of piperazine rings is 1. The van der Waals surface area contributed by atoms with Gasteiger partial charge in [0.2, 0.25) is 0 Å². The van der Waals surface area contributed by atoms with Crippen LogP contribution in [0.15, 0.2) is 42.6 Å². The molecule has 1 aromatic carbocycles. The molecule has 0 bridgehead atoms. The van der Waals surface area contributed by atoms with E-state index >= 15 is 0 Å². The molecule has 1 saturated heterocycles. The van der Waals surface area contributed by atoms with Crippen molar-refractivity contribution in [3.8, 4) is 5.82 Å². The SMILES string of the molecule is CCN1CCN(c2ccc(F)cc2C(C)NC(=O)c2ccc(-n3nc(C)cc3C)nc2)CC1. The number of nitrogens with zero attached hydrogens (tertiary/aromatic N) is 5. The fourth-order valence-corrected chi connectivity index (χ4v) is 4.33. The number of carbonyl (C=O) groups excluding carboxylic acids is 1. The Balaban J connectivity index is 1.49. The molecule has 0 radical (unpaired) electrons. The molecule has 0 spiro atoms. The Morgan fingerprint density at radius 2 is 1.88 bits per heavy atom. The minimum absolute atomic E-state index is 0.249. The van der Waals surface area contributed by atoms with E-state index < -0.39 is 0 Å². The second-order valence-electron chi connectivity index (χ2n) is 8.56. The summed E-state index contributed by atoms with van der Waals surface area (Å²) in [5.41, 5.74) is 4.08. The summed E-state index contributed by atoms with van der Waals surface area (Å²) < 4.78 is 15.9. The third-order valence-electron chi connectivity index (χ3n) is 6.20. The molecule has 33 heavy (non-hydrogen) atoms. The van der Waals surface area contributed by atoms with Gasteiger partial charge in [0.15, 0.2) is 5.82 Å². The van der Waals surface area contributed by atoms with Crippen LogP contribution in [0.5, 0.6) is 0 Å². The highest BCUT2D eigenvalue weighted by Gasteiger charge is 2.22. The first kappa shape index (κ1) is 22.9. The van der Waals surface area contributed by atoms with Gasteiger partial charge in [-0.2, -0.15) is 5.10 Å². The molecule has 3 aromatic rings. The molecule has 1 fully saturated rings. The standard InChI is InChI=1S/C25H31FN6O/c1-5-30-10-12-31(13-11-30)23-8-7-21(26)15-22(23)19(4)28-25(33)20-6-9-24(27-16-20)32-18(3)14-17(2)29-32/h6-9,14-16,19H,5,10-13H2,1-4H3,(H,28,33). The minimum atomic E-state index is -0.358. The van der Waals surface area contributed by atoms with E-state index in [4.69, 9.17) is 0 Å². The highest BCUT2D eigenvalue weighted by Crippen LogP contribution is 2.28. The zero-order valence-electron chi connectivity index (χ0n) is 19.7. The third-order valence-corrected chi connectivity index (χ3v) is 6.20. The number of amides is 1. The number of halogens is 1. The van der Waals surface area contributed by atoms with Crippen molar-refractivity contribution in [1.29, 1.82) is 0 Å². The average Bonchev–Trinajstić information content (AvgIpc) is 3.17. The Labute approximate surface area is 194 Å². The Kier molecular flexibility index (Phi) is 6.74. The highest BCUT2D eigenvalue weighted by molar-refractivity contribution is 5.94. The molecule has 1 unspecified atom stereocenters. The molecule has 1 aliphatic heterocycles. The van der Waals surface area contributed by atoms with Gasteiger partial charge in [0.25, 0.3) is 5.91 Å². The molecule has 1 atom stereocenters. The number of hydrogen-bond acceptors (Lipinski definition) is 5. The van der Waals surface area contributed by atoms with E-state index in [0.29, 0.717) is 11.4 Å². The number of benzene rings is 1. The molecule has 1 amide bonds. The fraction of sp³-hybridized carbons (Fsp3) is 0.400. The molecule has 2 aromatic heterocycles. The summed E-state index contributed by atoms with van der Waals surface area (Å²) in [5.74, 6) is 0.0997. The monoisotopic (exact) mass is 450 g/mol. The summed E-state index contributed by atoms with van der Waals surface area (Å²) >= 11 is 0. The van der Waals surface area contributed by atoms with Gasteiger partial charge in [-0.1, -0.05) is 6.92 Å². The Hall–Kier alpha value is -3.26. The number of rotatable bonds is 6. The van der Waals surface area contributed by atoms with E-state index in [9.17, 15) is 9.18 Å². The summed E-state index contributed by atoms with van der Waals surface area (Å²) in [5, 5.41) is 7.43. The predicted octanol–water partition coefficient (Wildman–Crippen LogP) is 3.66. The van der Waals surface area contributed by atoms with E-state index in [-0.39, 0.29) is 17.8 Å². The molecule has 1 aliphatic rings. The van der Waals surface area contributed by atoms with Gasteiger partial charge in [0.1, 0.15) is 5.82 Å². The van der Waals surface area contributed by atoms with Crippen LogP contribution in [0.1, 0.15) is 47.2 Å². The van der Waals surface area contributed by atoms with Gasteiger partial charge in [0, 0.05) is 49.3 Å². The van der Waals surface area contributed by atoms with Crippen LogP contribution in [0.2, 0.25) is 0 Å². The second-order valence-corrected chi connectivity index (χ2v) is 8.56. The number of anilines is 1. The van der Waals surface area contributed by atoms with Crippen LogP contribution >= 0.6 is 0 Å². The Bertz CT molecular complexity index is 1120. The van der Waals surface area contributed by atoms with Crippen molar-refractivity contribution in [3.63, 3.8) is 0 Å². The fourth-order valence-electron chi connectivity index (χ4n) is 4.33. The number of carbonyl (C=O) groups is 1. The van der Waals surface area contributed by atoms with Gasteiger partial charge in [-0.15, -0.1) is 0 Å². The van der Waals surface area contributed by atoms with E-state index in [2.05, 4.69) is 32.1 Å². The number of aromatic nitrogens is 3. The Morgan fingerprint density at radius 1 is 1.12 bits per heavy atom. The molecule has 4 rings (SSSR count). The number of aryl methyl sites for hydroxylation is 2. The van der Waals surface area contributed by atoms with E-state index in [1.165, 1.54) is 12.1 Å². The van der Waals surface area contributed by atoms with Gasteiger partial charge in [0.05, 0.1) is 17.3 Å². The molecule has 7 nitrogen and oxygen atoms in total. The smallest absolute Gasteiger partial charge is 0.253 e. The topological polar surface area (TPSA) is 66.3 Å². The predicted molar refractivity (Wildman–Crippen MR) is 127 cm³/mol.